The Labute approximate surface area is 136 Å². The summed E-state index contributed by atoms with van der Waals surface area (Å²) >= 11 is 12.4. The second kappa shape index (κ2) is 7.69. The van der Waals surface area contributed by atoms with Gasteiger partial charge in [0.2, 0.25) is 0 Å². The van der Waals surface area contributed by atoms with Crippen LogP contribution >= 0.6 is 23.2 Å². The number of rotatable bonds is 6. The van der Waals surface area contributed by atoms with E-state index in [2.05, 4.69) is 24.4 Å². The molecular formula is C17H19Cl2NO. The van der Waals surface area contributed by atoms with Gasteiger partial charge in [0.15, 0.2) is 0 Å². The topological polar surface area (TPSA) is 21.3 Å². The third-order valence-corrected chi connectivity index (χ3v) is 4.28. The molecule has 0 aliphatic carbocycles. The van der Waals surface area contributed by atoms with Gasteiger partial charge in [0.05, 0.1) is 17.2 Å². The van der Waals surface area contributed by atoms with Gasteiger partial charge in [0.1, 0.15) is 5.75 Å². The molecule has 0 amide bonds. The first-order chi connectivity index (χ1) is 10.2. The number of nitrogens with one attached hydrogen (secondary N) is 1. The molecule has 2 rings (SSSR count). The molecule has 2 aromatic carbocycles. The van der Waals surface area contributed by atoms with Crippen molar-refractivity contribution >= 4 is 23.2 Å². The summed E-state index contributed by atoms with van der Waals surface area (Å²) in [7, 11) is 1.67. The fraction of sp³-hybridized carbons (Fsp3) is 0.294. The Balaban J connectivity index is 2.23. The standard InChI is InChI=1S/C17H19Cl2NO/c1-3-20-16(12-7-9-14(21-2)10-8-12)11-13-5-4-6-15(18)17(13)19/h4-10,16,20H,3,11H2,1-2H3. The first-order valence-corrected chi connectivity index (χ1v) is 7.71. The molecule has 1 unspecified atom stereocenters. The lowest BCUT2D eigenvalue weighted by Gasteiger charge is -2.19. The molecule has 2 nitrogen and oxygen atoms in total. The lowest BCUT2D eigenvalue weighted by molar-refractivity contribution is 0.414. The summed E-state index contributed by atoms with van der Waals surface area (Å²) in [5.41, 5.74) is 2.25. The Bertz CT molecular complexity index is 584. The quantitative estimate of drug-likeness (QED) is 0.816. The van der Waals surface area contributed by atoms with E-state index in [-0.39, 0.29) is 6.04 Å². The molecule has 0 bridgehead atoms. The Morgan fingerprint density at radius 1 is 1.10 bits per heavy atom. The van der Waals surface area contributed by atoms with Crippen LogP contribution in [0.4, 0.5) is 0 Å². The molecule has 0 radical (unpaired) electrons. The van der Waals surface area contributed by atoms with Crippen LogP contribution in [0.3, 0.4) is 0 Å². The summed E-state index contributed by atoms with van der Waals surface area (Å²) in [6.45, 7) is 2.98. The minimum Gasteiger partial charge on any atom is -0.497 e. The van der Waals surface area contributed by atoms with E-state index in [4.69, 9.17) is 27.9 Å². The SMILES string of the molecule is CCNC(Cc1cccc(Cl)c1Cl)c1ccc(OC)cc1. The maximum atomic E-state index is 6.29. The molecular weight excluding hydrogens is 305 g/mol. The van der Waals surface area contributed by atoms with Crippen LogP contribution in [0.2, 0.25) is 10.0 Å². The highest BCUT2D eigenvalue weighted by atomic mass is 35.5. The van der Waals surface area contributed by atoms with E-state index in [1.54, 1.807) is 7.11 Å². The normalized spacial score (nSPS) is 12.2. The summed E-state index contributed by atoms with van der Waals surface area (Å²) in [5, 5.41) is 4.72. The number of hydrogen-bond acceptors (Lipinski definition) is 2. The summed E-state index contributed by atoms with van der Waals surface area (Å²) in [5.74, 6) is 0.856. The molecule has 0 aliphatic heterocycles. The number of hydrogen-bond donors (Lipinski definition) is 1. The van der Waals surface area contributed by atoms with Crippen LogP contribution < -0.4 is 10.1 Å². The molecule has 21 heavy (non-hydrogen) atoms. The van der Waals surface area contributed by atoms with Crippen LogP contribution in [0.25, 0.3) is 0 Å². The van der Waals surface area contributed by atoms with Crippen molar-refractivity contribution in [3.63, 3.8) is 0 Å². The van der Waals surface area contributed by atoms with E-state index in [1.807, 2.05) is 30.3 Å². The number of ether oxygens (including phenoxy) is 1. The molecule has 0 saturated heterocycles. The number of methoxy groups -OCH3 is 1. The van der Waals surface area contributed by atoms with Gasteiger partial charge in [-0.15, -0.1) is 0 Å². The van der Waals surface area contributed by atoms with E-state index in [0.29, 0.717) is 10.0 Å². The molecule has 112 valence electrons. The molecule has 0 fully saturated rings. The number of benzene rings is 2. The van der Waals surface area contributed by atoms with Gasteiger partial charge in [-0.2, -0.15) is 0 Å². The molecule has 0 aliphatic rings. The Hall–Kier alpha value is -1.22. The van der Waals surface area contributed by atoms with Crippen molar-refractivity contribution in [3.8, 4) is 5.75 Å². The minimum atomic E-state index is 0.192. The van der Waals surface area contributed by atoms with Crippen molar-refractivity contribution in [3.05, 3.63) is 63.6 Å². The van der Waals surface area contributed by atoms with E-state index >= 15 is 0 Å². The second-order valence-corrected chi connectivity index (χ2v) is 5.59. The highest BCUT2D eigenvalue weighted by Crippen LogP contribution is 2.29. The highest BCUT2D eigenvalue weighted by molar-refractivity contribution is 6.42. The van der Waals surface area contributed by atoms with Crippen molar-refractivity contribution < 1.29 is 4.74 Å². The Morgan fingerprint density at radius 2 is 1.81 bits per heavy atom. The smallest absolute Gasteiger partial charge is 0.118 e. The summed E-state index contributed by atoms with van der Waals surface area (Å²) in [4.78, 5) is 0. The fourth-order valence-corrected chi connectivity index (χ4v) is 2.71. The van der Waals surface area contributed by atoms with Gasteiger partial charge in [0.25, 0.3) is 0 Å². The average Bonchev–Trinajstić information content (AvgIpc) is 2.51. The van der Waals surface area contributed by atoms with Gasteiger partial charge in [-0.3, -0.25) is 0 Å². The highest BCUT2D eigenvalue weighted by Gasteiger charge is 2.14. The number of halogens is 2. The zero-order chi connectivity index (χ0) is 15.2. The maximum Gasteiger partial charge on any atom is 0.118 e. The van der Waals surface area contributed by atoms with Crippen molar-refractivity contribution in [1.82, 2.24) is 5.32 Å². The predicted octanol–water partition coefficient (Wildman–Crippen LogP) is 4.90. The van der Waals surface area contributed by atoms with Crippen molar-refractivity contribution in [2.45, 2.75) is 19.4 Å². The Kier molecular flexibility index (Phi) is 5.92. The van der Waals surface area contributed by atoms with Crippen molar-refractivity contribution in [1.29, 1.82) is 0 Å². The second-order valence-electron chi connectivity index (χ2n) is 4.80. The maximum absolute atomic E-state index is 6.29. The summed E-state index contributed by atoms with van der Waals surface area (Å²) in [6.07, 6.45) is 0.791. The molecule has 0 aromatic heterocycles. The van der Waals surface area contributed by atoms with E-state index in [9.17, 15) is 0 Å². The average molecular weight is 324 g/mol. The largest absolute Gasteiger partial charge is 0.497 e. The third-order valence-electron chi connectivity index (χ3n) is 3.42. The van der Waals surface area contributed by atoms with E-state index in [0.717, 1.165) is 24.3 Å². The summed E-state index contributed by atoms with van der Waals surface area (Å²) in [6, 6.07) is 14.0. The van der Waals surface area contributed by atoms with Crippen molar-refractivity contribution in [2.75, 3.05) is 13.7 Å². The van der Waals surface area contributed by atoms with Crippen LogP contribution in [-0.4, -0.2) is 13.7 Å². The van der Waals surface area contributed by atoms with Gasteiger partial charge >= 0.3 is 0 Å². The van der Waals surface area contributed by atoms with Gasteiger partial charge in [-0.05, 0) is 42.3 Å². The summed E-state index contributed by atoms with van der Waals surface area (Å²) < 4.78 is 5.20. The molecule has 1 N–H and O–H groups in total. The Morgan fingerprint density at radius 3 is 2.43 bits per heavy atom. The zero-order valence-electron chi connectivity index (χ0n) is 12.2. The predicted molar refractivity (Wildman–Crippen MR) is 89.6 cm³/mol. The first-order valence-electron chi connectivity index (χ1n) is 6.96. The molecule has 0 heterocycles. The zero-order valence-corrected chi connectivity index (χ0v) is 13.7. The third kappa shape index (κ3) is 4.13. The van der Waals surface area contributed by atoms with Crippen LogP contribution in [0.5, 0.6) is 5.75 Å². The van der Waals surface area contributed by atoms with Gasteiger partial charge < -0.3 is 10.1 Å². The van der Waals surface area contributed by atoms with E-state index < -0.39 is 0 Å². The van der Waals surface area contributed by atoms with Gasteiger partial charge in [0, 0.05) is 6.04 Å². The first kappa shape index (κ1) is 16.2. The lowest BCUT2D eigenvalue weighted by Crippen LogP contribution is -2.23. The van der Waals surface area contributed by atoms with E-state index in [1.165, 1.54) is 5.56 Å². The van der Waals surface area contributed by atoms with Crippen LogP contribution in [0, 0.1) is 0 Å². The molecule has 0 spiro atoms. The van der Waals surface area contributed by atoms with Crippen LogP contribution in [0.1, 0.15) is 24.1 Å². The van der Waals surface area contributed by atoms with Crippen LogP contribution in [-0.2, 0) is 6.42 Å². The van der Waals surface area contributed by atoms with Gasteiger partial charge in [-0.25, -0.2) is 0 Å². The molecule has 1 atom stereocenters. The monoisotopic (exact) mass is 323 g/mol. The molecule has 2 aromatic rings. The van der Waals surface area contributed by atoms with Gasteiger partial charge in [-0.1, -0.05) is 54.4 Å². The number of likely N-dealkylation sites (N-methyl/N-ethyl adjacent to an activating group) is 1. The lowest BCUT2D eigenvalue weighted by atomic mass is 9.98. The fourth-order valence-electron chi connectivity index (χ4n) is 2.32. The minimum absolute atomic E-state index is 0.192. The van der Waals surface area contributed by atoms with Crippen LogP contribution in [0.15, 0.2) is 42.5 Å². The molecule has 4 heteroatoms. The van der Waals surface area contributed by atoms with Crippen molar-refractivity contribution in [2.24, 2.45) is 0 Å². The molecule has 0 saturated carbocycles.